The van der Waals surface area contributed by atoms with Crippen molar-refractivity contribution in [3.63, 3.8) is 0 Å². The number of nitrogens with zero attached hydrogens (tertiary/aromatic N) is 1. The lowest BCUT2D eigenvalue weighted by atomic mass is 10.1. The highest BCUT2D eigenvalue weighted by Gasteiger charge is 2.24. The molecular formula is C14H14BrNO2. The van der Waals surface area contributed by atoms with E-state index >= 15 is 0 Å². The molecule has 0 saturated carbocycles. The Morgan fingerprint density at radius 1 is 1.39 bits per heavy atom. The highest BCUT2D eigenvalue weighted by molar-refractivity contribution is 9.10. The number of halogens is 1. The number of carbonyl (C=O) groups is 1. The number of carbonyl (C=O) groups excluding carboxylic acids is 1. The molecule has 0 bridgehead atoms. The van der Waals surface area contributed by atoms with Gasteiger partial charge in [0.2, 0.25) is 0 Å². The van der Waals surface area contributed by atoms with Crippen LogP contribution in [0.25, 0.3) is 10.9 Å². The van der Waals surface area contributed by atoms with Gasteiger partial charge in [-0.1, -0.05) is 15.9 Å². The molecule has 3 rings (SSSR count). The van der Waals surface area contributed by atoms with Gasteiger partial charge < -0.3 is 9.30 Å². The molecule has 0 radical (unpaired) electrons. The highest BCUT2D eigenvalue weighted by atomic mass is 79.9. The largest absolute Gasteiger partial charge is 0.465 e. The van der Waals surface area contributed by atoms with Crippen LogP contribution in [0.3, 0.4) is 0 Å². The first kappa shape index (κ1) is 11.8. The Hall–Kier alpha value is -1.29. The van der Waals surface area contributed by atoms with E-state index in [-0.39, 0.29) is 5.97 Å². The van der Waals surface area contributed by atoms with Crippen molar-refractivity contribution >= 4 is 32.8 Å². The minimum absolute atomic E-state index is 0.277. The molecule has 0 saturated heterocycles. The summed E-state index contributed by atoms with van der Waals surface area (Å²) in [7, 11) is 3.46. The summed E-state index contributed by atoms with van der Waals surface area (Å²) in [5.74, 6) is -0.277. The lowest BCUT2D eigenvalue weighted by molar-refractivity contribution is 0.0602. The minimum Gasteiger partial charge on any atom is -0.465 e. The van der Waals surface area contributed by atoms with Gasteiger partial charge in [0.15, 0.2) is 0 Å². The predicted octanol–water partition coefficient (Wildman–Crippen LogP) is 3.22. The molecule has 18 heavy (non-hydrogen) atoms. The summed E-state index contributed by atoms with van der Waals surface area (Å²) < 4.78 is 7.96. The molecule has 0 aliphatic heterocycles. The molecule has 2 aromatic rings. The van der Waals surface area contributed by atoms with Gasteiger partial charge in [0.1, 0.15) is 0 Å². The molecule has 0 unspecified atom stereocenters. The van der Waals surface area contributed by atoms with Gasteiger partial charge in [-0.2, -0.15) is 0 Å². The monoisotopic (exact) mass is 307 g/mol. The van der Waals surface area contributed by atoms with Crippen molar-refractivity contribution in [3.8, 4) is 0 Å². The number of esters is 1. The van der Waals surface area contributed by atoms with Crippen molar-refractivity contribution in [2.24, 2.45) is 7.05 Å². The van der Waals surface area contributed by atoms with E-state index in [1.165, 1.54) is 30.2 Å². The Kier molecular flexibility index (Phi) is 2.70. The van der Waals surface area contributed by atoms with Gasteiger partial charge in [-0.3, -0.25) is 0 Å². The summed E-state index contributed by atoms with van der Waals surface area (Å²) in [5, 5.41) is 1.18. The van der Waals surface area contributed by atoms with Crippen molar-refractivity contribution in [2.45, 2.75) is 19.3 Å². The molecule has 3 nitrogen and oxygen atoms in total. The van der Waals surface area contributed by atoms with E-state index in [2.05, 4.69) is 26.6 Å². The number of fused-ring (bicyclic) bond motifs is 3. The second kappa shape index (κ2) is 4.12. The lowest BCUT2D eigenvalue weighted by Crippen LogP contribution is -2.05. The minimum atomic E-state index is -0.277. The number of hydrogen-bond acceptors (Lipinski definition) is 2. The molecule has 94 valence electrons. The molecule has 4 heteroatoms. The SMILES string of the molecule is COC(=O)c1cc(Br)cc2c3c(n(C)c12)CCC3. The topological polar surface area (TPSA) is 31.2 Å². The highest BCUT2D eigenvalue weighted by Crippen LogP contribution is 2.36. The number of rotatable bonds is 1. The normalized spacial score (nSPS) is 13.9. The van der Waals surface area contributed by atoms with E-state index in [0.717, 1.165) is 22.8 Å². The van der Waals surface area contributed by atoms with Gasteiger partial charge in [-0.25, -0.2) is 4.79 Å². The zero-order chi connectivity index (χ0) is 12.9. The van der Waals surface area contributed by atoms with Crippen molar-refractivity contribution < 1.29 is 9.53 Å². The average Bonchev–Trinajstić information content (AvgIpc) is 2.92. The number of methoxy groups -OCH3 is 1. The molecule has 1 aromatic heterocycles. The van der Waals surface area contributed by atoms with E-state index in [1.54, 1.807) is 0 Å². The third-order valence-corrected chi connectivity index (χ3v) is 4.19. The molecule has 0 N–H and O–H groups in total. The van der Waals surface area contributed by atoms with Crippen LogP contribution < -0.4 is 0 Å². The second-order valence-corrected chi connectivity index (χ2v) is 5.59. The maximum Gasteiger partial charge on any atom is 0.340 e. The molecule has 1 aliphatic rings. The van der Waals surface area contributed by atoms with Crippen LogP contribution in [-0.2, 0) is 24.6 Å². The second-order valence-electron chi connectivity index (χ2n) is 4.68. The van der Waals surface area contributed by atoms with Crippen LogP contribution in [0.2, 0.25) is 0 Å². The van der Waals surface area contributed by atoms with E-state index in [9.17, 15) is 4.79 Å². The van der Waals surface area contributed by atoms with E-state index < -0.39 is 0 Å². The van der Waals surface area contributed by atoms with Crippen molar-refractivity contribution in [2.75, 3.05) is 7.11 Å². The van der Waals surface area contributed by atoms with Gasteiger partial charge in [0, 0.05) is 22.6 Å². The third-order valence-electron chi connectivity index (χ3n) is 3.73. The standard InChI is InChI=1S/C14H14BrNO2/c1-16-12-5-3-4-9(12)10-6-8(15)7-11(13(10)16)14(17)18-2/h6-7H,3-5H2,1-2H3. The van der Waals surface area contributed by atoms with Gasteiger partial charge in [-0.05, 0) is 37.0 Å². The first-order valence-electron chi connectivity index (χ1n) is 6.01. The fraction of sp³-hybridized carbons (Fsp3) is 0.357. The zero-order valence-corrected chi connectivity index (χ0v) is 12.0. The Labute approximate surface area is 114 Å². The number of ether oxygens (including phenoxy) is 1. The van der Waals surface area contributed by atoms with E-state index in [4.69, 9.17) is 4.74 Å². The van der Waals surface area contributed by atoms with Crippen LogP contribution in [0.5, 0.6) is 0 Å². The quantitative estimate of drug-likeness (QED) is 0.758. The Bertz CT molecular complexity index is 658. The zero-order valence-electron chi connectivity index (χ0n) is 10.4. The van der Waals surface area contributed by atoms with Crippen molar-refractivity contribution in [1.29, 1.82) is 0 Å². The van der Waals surface area contributed by atoms with Gasteiger partial charge >= 0.3 is 5.97 Å². The Balaban J connectivity index is 2.41. The number of aromatic nitrogens is 1. The van der Waals surface area contributed by atoms with Crippen LogP contribution in [0.15, 0.2) is 16.6 Å². The summed E-state index contributed by atoms with van der Waals surface area (Å²) in [4.78, 5) is 11.9. The fourth-order valence-electron chi connectivity index (χ4n) is 2.98. The molecule has 1 aliphatic carbocycles. The van der Waals surface area contributed by atoms with Crippen LogP contribution >= 0.6 is 15.9 Å². The van der Waals surface area contributed by atoms with Gasteiger partial charge in [-0.15, -0.1) is 0 Å². The first-order chi connectivity index (χ1) is 8.63. The fourth-order valence-corrected chi connectivity index (χ4v) is 3.44. The lowest BCUT2D eigenvalue weighted by Gasteiger charge is -2.07. The molecular weight excluding hydrogens is 294 g/mol. The van der Waals surface area contributed by atoms with Crippen molar-refractivity contribution in [3.05, 3.63) is 33.4 Å². The number of benzene rings is 1. The van der Waals surface area contributed by atoms with Crippen LogP contribution in [-0.4, -0.2) is 17.6 Å². The molecule has 0 fully saturated rings. The summed E-state index contributed by atoms with van der Waals surface area (Å²) in [5.41, 5.74) is 4.38. The van der Waals surface area contributed by atoms with Gasteiger partial charge in [0.05, 0.1) is 18.2 Å². The van der Waals surface area contributed by atoms with Crippen molar-refractivity contribution in [1.82, 2.24) is 4.57 Å². The van der Waals surface area contributed by atoms with E-state index in [1.807, 2.05) is 13.1 Å². The number of hydrogen-bond donors (Lipinski definition) is 0. The third kappa shape index (κ3) is 1.52. The van der Waals surface area contributed by atoms with Crippen LogP contribution in [0, 0.1) is 0 Å². The average molecular weight is 308 g/mol. The first-order valence-corrected chi connectivity index (χ1v) is 6.80. The predicted molar refractivity (Wildman–Crippen MR) is 74.0 cm³/mol. The molecule has 1 heterocycles. The van der Waals surface area contributed by atoms with Gasteiger partial charge in [0.25, 0.3) is 0 Å². The Morgan fingerprint density at radius 2 is 2.17 bits per heavy atom. The van der Waals surface area contributed by atoms with E-state index in [0.29, 0.717) is 5.56 Å². The Morgan fingerprint density at radius 3 is 2.89 bits per heavy atom. The number of aryl methyl sites for hydroxylation is 2. The summed E-state index contributed by atoms with van der Waals surface area (Å²) in [6.45, 7) is 0. The summed E-state index contributed by atoms with van der Waals surface area (Å²) in [6.07, 6.45) is 3.40. The molecule has 1 aromatic carbocycles. The molecule has 0 spiro atoms. The molecule has 0 amide bonds. The molecule has 0 atom stereocenters. The smallest absolute Gasteiger partial charge is 0.340 e. The maximum absolute atomic E-state index is 11.9. The summed E-state index contributed by atoms with van der Waals surface area (Å²) in [6, 6.07) is 3.94. The van der Waals surface area contributed by atoms with Crippen LogP contribution in [0.4, 0.5) is 0 Å². The van der Waals surface area contributed by atoms with Crippen LogP contribution in [0.1, 0.15) is 28.0 Å². The maximum atomic E-state index is 11.9. The summed E-state index contributed by atoms with van der Waals surface area (Å²) >= 11 is 3.48.